The Labute approximate surface area is 132 Å². The van der Waals surface area contributed by atoms with Gasteiger partial charge in [0.05, 0.1) is 17.1 Å². The van der Waals surface area contributed by atoms with Crippen molar-refractivity contribution >= 4 is 15.7 Å². The Morgan fingerprint density at radius 1 is 1.27 bits per heavy atom. The van der Waals surface area contributed by atoms with Crippen LogP contribution in [0.5, 0.6) is 5.75 Å². The summed E-state index contributed by atoms with van der Waals surface area (Å²) in [7, 11) is -3.43. The van der Waals surface area contributed by atoms with E-state index in [9.17, 15) is 8.42 Å². The smallest absolute Gasteiger partial charge is 0.243 e. The second kappa shape index (κ2) is 6.06. The third-order valence-corrected chi connectivity index (χ3v) is 6.17. The number of rotatable bonds is 3. The van der Waals surface area contributed by atoms with E-state index in [1.807, 2.05) is 6.92 Å². The van der Waals surface area contributed by atoms with E-state index in [0.29, 0.717) is 30.3 Å². The molecule has 1 N–H and O–H groups in total. The number of nitrogens with zero attached hydrogens (tertiary/aromatic N) is 2. The summed E-state index contributed by atoms with van der Waals surface area (Å²) in [5, 5.41) is 3.23. The summed E-state index contributed by atoms with van der Waals surface area (Å²) < 4.78 is 32.8. The SMILES string of the molecule is CCN1CCN(S(=O)(=O)c2ccc3c(c2)NCC(C)O3)CC1. The summed E-state index contributed by atoms with van der Waals surface area (Å²) in [6.07, 6.45) is 0.0945. The van der Waals surface area contributed by atoms with Crippen molar-refractivity contribution in [1.82, 2.24) is 9.21 Å². The van der Waals surface area contributed by atoms with Crippen LogP contribution in [0, 0.1) is 0 Å². The van der Waals surface area contributed by atoms with E-state index < -0.39 is 10.0 Å². The number of hydrogen-bond donors (Lipinski definition) is 1. The van der Waals surface area contributed by atoms with Crippen molar-refractivity contribution in [2.75, 3.05) is 44.6 Å². The van der Waals surface area contributed by atoms with Gasteiger partial charge >= 0.3 is 0 Å². The number of nitrogens with one attached hydrogen (secondary N) is 1. The van der Waals surface area contributed by atoms with Gasteiger partial charge in [-0.15, -0.1) is 0 Å². The molecule has 22 heavy (non-hydrogen) atoms. The molecule has 0 radical (unpaired) electrons. The van der Waals surface area contributed by atoms with Gasteiger partial charge < -0.3 is 15.0 Å². The molecular formula is C15H23N3O3S. The normalized spacial score (nSPS) is 23.5. The molecule has 122 valence electrons. The average Bonchev–Trinajstić information content (AvgIpc) is 2.54. The number of hydrogen-bond acceptors (Lipinski definition) is 5. The molecule has 0 spiro atoms. The number of likely N-dealkylation sites (N-methyl/N-ethyl adjacent to an activating group) is 1. The van der Waals surface area contributed by atoms with E-state index in [1.54, 1.807) is 22.5 Å². The highest BCUT2D eigenvalue weighted by Gasteiger charge is 2.29. The Kier molecular flexibility index (Phi) is 4.29. The molecule has 6 nitrogen and oxygen atoms in total. The maximum absolute atomic E-state index is 12.8. The minimum atomic E-state index is -3.43. The van der Waals surface area contributed by atoms with Crippen molar-refractivity contribution in [3.05, 3.63) is 18.2 Å². The lowest BCUT2D eigenvalue weighted by Crippen LogP contribution is -2.48. The molecule has 1 aromatic carbocycles. The minimum absolute atomic E-state index is 0.0945. The third-order valence-electron chi connectivity index (χ3n) is 4.28. The molecule has 0 amide bonds. The van der Waals surface area contributed by atoms with Crippen molar-refractivity contribution in [3.8, 4) is 5.75 Å². The molecule has 1 atom stereocenters. The fourth-order valence-electron chi connectivity index (χ4n) is 2.86. The fraction of sp³-hybridized carbons (Fsp3) is 0.600. The first-order chi connectivity index (χ1) is 10.5. The number of anilines is 1. The highest BCUT2D eigenvalue weighted by Crippen LogP contribution is 2.32. The highest BCUT2D eigenvalue weighted by atomic mass is 32.2. The Morgan fingerprint density at radius 3 is 2.68 bits per heavy atom. The van der Waals surface area contributed by atoms with Crippen molar-refractivity contribution in [1.29, 1.82) is 0 Å². The number of benzene rings is 1. The topological polar surface area (TPSA) is 61.9 Å². The van der Waals surface area contributed by atoms with Crippen LogP contribution >= 0.6 is 0 Å². The number of piperazine rings is 1. The van der Waals surface area contributed by atoms with E-state index in [-0.39, 0.29) is 6.10 Å². The maximum atomic E-state index is 12.8. The van der Waals surface area contributed by atoms with Crippen LogP contribution in [0.15, 0.2) is 23.1 Å². The lowest BCUT2D eigenvalue weighted by atomic mass is 10.2. The predicted octanol–water partition coefficient (Wildman–Crippen LogP) is 1.21. The Morgan fingerprint density at radius 2 is 2.00 bits per heavy atom. The van der Waals surface area contributed by atoms with Gasteiger partial charge in [0.1, 0.15) is 11.9 Å². The van der Waals surface area contributed by atoms with Crippen LogP contribution in [0.1, 0.15) is 13.8 Å². The molecule has 2 aliphatic heterocycles. The van der Waals surface area contributed by atoms with Gasteiger partial charge in [0.25, 0.3) is 0 Å². The zero-order chi connectivity index (χ0) is 15.7. The molecule has 1 saturated heterocycles. The zero-order valence-electron chi connectivity index (χ0n) is 13.1. The molecule has 1 aromatic rings. The number of ether oxygens (including phenoxy) is 1. The van der Waals surface area contributed by atoms with Gasteiger partial charge in [-0.25, -0.2) is 8.42 Å². The number of fused-ring (bicyclic) bond motifs is 1. The first-order valence-electron chi connectivity index (χ1n) is 7.78. The van der Waals surface area contributed by atoms with E-state index >= 15 is 0 Å². The van der Waals surface area contributed by atoms with Crippen LogP contribution in [0.25, 0.3) is 0 Å². The van der Waals surface area contributed by atoms with Crippen molar-refractivity contribution in [3.63, 3.8) is 0 Å². The van der Waals surface area contributed by atoms with Gasteiger partial charge in [0.2, 0.25) is 10.0 Å². The Bertz CT molecular complexity index is 639. The van der Waals surface area contributed by atoms with Gasteiger partial charge in [-0.05, 0) is 31.7 Å². The zero-order valence-corrected chi connectivity index (χ0v) is 13.9. The van der Waals surface area contributed by atoms with Crippen LogP contribution in [-0.2, 0) is 10.0 Å². The van der Waals surface area contributed by atoms with E-state index in [0.717, 1.165) is 25.3 Å². The second-order valence-electron chi connectivity index (χ2n) is 5.81. The second-order valence-corrected chi connectivity index (χ2v) is 7.74. The van der Waals surface area contributed by atoms with Crippen LogP contribution in [0.2, 0.25) is 0 Å². The summed E-state index contributed by atoms with van der Waals surface area (Å²) in [6.45, 7) is 8.41. The van der Waals surface area contributed by atoms with E-state index in [1.165, 1.54) is 0 Å². The van der Waals surface area contributed by atoms with Crippen molar-refractivity contribution in [2.24, 2.45) is 0 Å². The largest absolute Gasteiger partial charge is 0.487 e. The summed E-state index contributed by atoms with van der Waals surface area (Å²) >= 11 is 0. The predicted molar refractivity (Wildman–Crippen MR) is 85.9 cm³/mol. The van der Waals surface area contributed by atoms with Crippen molar-refractivity contribution in [2.45, 2.75) is 24.8 Å². The van der Waals surface area contributed by atoms with E-state index in [2.05, 4.69) is 17.1 Å². The molecular weight excluding hydrogens is 302 g/mol. The molecule has 7 heteroatoms. The fourth-order valence-corrected chi connectivity index (χ4v) is 4.31. The van der Waals surface area contributed by atoms with Crippen LogP contribution in [-0.4, -0.2) is 63.0 Å². The molecule has 1 fully saturated rings. The lowest BCUT2D eigenvalue weighted by Gasteiger charge is -2.33. The molecule has 2 heterocycles. The molecule has 1 unspecified atom stereocenters. The molecule has 0 saturated carbocycles. The summed E-state index contributed by atoms with van der Waals surface area (Å²) in [4.78, 5) is 2.59. The molecule has 0 aliphatic carbocycles. The quantitative estimate of drug-likeness (QED) is 0.905. The van der Waals surface area contributed by atoms with Crippen LogP contribution in [0.3, 0.4) is 0 Å². The first-order valence-corrected chi connectivity index (χ1v) is 9.22. The Hall–Kier alpha value is -1.31. The molecule has 0 aromatic heterocycles. The average molecular weight is 325 g/mol. The summed E-state index contributed by atoms with van der Waals surface area (Å²) in [5.41, 5.74) is 0.756. The highest BCUT2D eigenvalue weighted by molar-refractivity contribution is 7.89. The first kappa shape index (κ1) is 15.6. The van der Waals surface area contributed by atoms with Gasteiger partial charge in [-0.1, -0.05) is 6.92 Å². The van der Waals surface area contributed by atoms with Gasteiger partial charge in [0.15, 0.2) is 0 Å². The standard InChI is InChI=1S/C15H23N3O3S/c1-3-17-6-8-18(9-7-17)22(19,20)13-4-5-15-14(10-13)16-11-12(2)21-15/h4-5,10,12,16H,3,6-9,11H2,1-2H3. The van der Waals surface area contributed by atoms with E-state index in [4.69, 9.17) is 4.74 Å². The van der Waals surface area contributed by atoms with Crippen LogP contribution in [0.4, 0.5) is 5.69 Å². The van der Waals surface area contributed by atoms with Gasteiger partial charge in [-0.3, -0.25) is 0 Å². The van der Waals surface area contributed by atoms with Crippen LogP contribution < -0.4 is 10.1 Å². The van der Waals surface area contributed by atoms with Gasteiger partial charge in [-0.2, -0.15) is 4.31 Å². The summed E-state index contributed by atoms with van der Waals surface area (Å²) in [6, 6.07) is 5.07. The Balaban J connectivity index is 1.81. The lowest BCUT2D eigenvalue weighted by molar-refractivity contribution is 0.196. The summed E-state index contributed by atoms with van der Waals surface area (Å²) in [5.74, 6) is 0.716. The molecule has 0 bridgehead atoms. The number of sulfonamides is 1. The minimum Gasteiger partial charge on any atom is -0.487 e. The van der Waals surface area contributed by atoms with Crippen molar-refractivity contribution < 1.29 is 13.2 Å². The molecule has 3 rings (SSSR count). The van der Waals surface area contributed by atoms with Gasteiger partial charge in [0, 0.05) is 26.2 Å². The molecule has 2 aliphatic rings. The third kappa shape index (κ3) is 2.93. The monoisotopic (exact) mass is 325 g/mol. The maximum Gasteiger partial charge on any atom is 0.243 e.